The van der Waals surface area contributed by atoms with E-state index in [2.05, 4.69) is 352 Å². The summed E-state index contributed by atoms with van der Waals surface area (Å²) in [5.41, 5.74) is 32.1. The molecule has 0 unspecified atom stereocenters. The molecule has 0 atom stereocenters. The summed E-state index contributed by atoms with van der Waals surface area (Å²) in [4.78, 5) is 7.97. The Morgan fingerprint density at radius 3 is 1.55 bits per heavy atom. The molecule has 0 bridgehead atoms. The van der Waals surface area contributed by atoms with E-state index >= 15 is 0 Å². The number of rotatable bonds is 8. The van der Waals surface area contributed by atoms with Gasteiger partial charge < -0.3 is 14.6 Å². The SMILES string of the molecule is CC(C)(C)c1ccc(N2B3c4ccc(N(c5cccc(-c6ccccc6)c5)c5cccc(-c6ccccc6)c5)cc4N(c4ccc(C(C)(C)C)cc4-c4ccccc4)c4cc5c(c(c43)-c3cc4sc6cc7c(cc6c4cc32)C(C)(C)CCC7(C)C)C(C)(C)c2ccccc2-5)cc1. The van der Waals surface area contributed by atoms with E-state index in [4.69, 9.17) is 0 Å². The van der Waals surface area contributed by atoms with Crippen molar-refractivity contribution in [1.29, 1.82) is 0 Å². The summed E-state index contributed by atoms with van der Waals surface area (Å²) in [6.07, 6.45) is 2.35. The summed E-state index contributed by atoms with van der Waals surface area (Å²) >= 11 is 1.98. The van der Waals surface area contributed by atoms with E-state index in [1.807, 2.05) is 11.3 Å². The van der Waals surface area contributed by atoms with Crippen molar-refractivity contribution >= 4 is 94.8 Å². The Labute approximate surface area is 572 Å². The Kier molecular flexibility index (Phi) is 13.5. The van der Waals surface area contributed by atoms with Crippen molar-refractivity contribution in [2.75, 3.05) is 14.6 Å². The molecule has 0 radical (unpaired) electrons. The molecule has 0 amide bonds. The molecule has 1 aromatic heterocycles. The maximum absolute atomic E-state index is 2.77. The van der Waals surface area contributed by atoms with Gasteiger partial charge in [-0.2, -0.15) is 0 Å². The molecule has 470 valence electrons. The van der Waals surface area contributed by atoms with Gasteiger partial charge in [-0.25, -0.2) is 0 Å². The molecule has 12 aromatic carbocycles. The van der Waals surface area contributed by atoms with Gasteiger partial charge in [0.05, 0.1) is 5.69 Å². The lowest BCUT2D eigenvalue weighted by molar-refractivity contribution is 0.332. The number of hydrogen-bond acceptors (Lipinski definition) is 4. The molecule has 17 rings (SSSR count). The molecule has 3 nitrogen and oxygen atoms in total. The molecule has 0 spiro atoms. The predicted molar refractivity (Wildman–Crippen MR) is 414 cm³/mol. The molecule has 3 heterocycles. The average molecular weight is 1260 g/mol. The van der Waals surface area contributed by atoms with E-state index in [9.17, 15) is 0 Å². The fourth-order valence-corrected chi connectivity index (χ4v) is 18.0. The molecule has 2 aliphatic carbocycles. The van der Waals surface area contributed by atoms with Gasteiger partial charge in [0, 0.05) is 76.5 Å². The molecule has 5 heteroatoms. The predicted octanol–water partition coefficient (Wildman–Crippen LogP) is 24.5. The van der Waals surface area contributed by atoms with Crippen LogP contribution in [0.1, 0.15) is 129 Å². The highest BCUT2D eigenvalue weighted by Crippen LogP contribution is 2.60. The summed E-state index contributed by atoms with van der Waals surface area (Å²) in [5.74, 6) is 0. The number of thiophene rings is 1. The smallest absolute Gasteiger partial charge is 0.333 e. The Bertz CT molecular complexity index is 5210. The quantitative estimate of drug-likeness (QED) is 0.140. The van der Waals surface area contributed by atoms with E-state index < -0.39 is 0 Å². The van der Waals surface area contributed by atoms with Gasteiger partial charge in [0.1, 0.15) is 0 Å². The van der Waals surface area contributed by atoms with E-state index in [1.165, 1.54) is 139 Å². The van der Waals surface area contributed by atoms with Crippen LogP contribution in [0.25, 0.3) is 75.8 Å². The van der Waals surface area contributed by atoms with E-state index in [0.29, 0.717) is 0 Å². The van der Waals surface area contributed by atoms with Gasteiger partial charge in [0.2, 0.25) is 0 Å². The normalized spacial score (nSPS) is 15.4. The van der Waals surface area contributed by atoms with Gasteiger partial charge in [0.15, 0.2) is 0 Å². The molecule has 4 aliphatic rings. The zero-order valence-corrected chi connectivity index (χ0v) is 58.3. The van der Waals surface area contributed by atoms with Crippen LogP contribution >= 0.6 is 11.3 Å². The van der Waals surface area contributed by atoms with Gasteiger partial charge in [-0.3, -0.25) is 0 Å². The average Bonchev–Trinajstić information content (AvgIpc) is 1.29. The van der Waals surface area contributed by atoms with Crippen molar-refractivity contribution in [3.8, 4) is 55.6 Å². The first-order chi connectivity index (χ1) is 46.1. The number of anilines is 8. The molecule has 0 saturated carbocycles. The first kappa shape index (κ1) is 60.0. The van der Waals surface area contributed by atoms with Crippen LogP contribution in [0.5, 0.6) is 0 Å². The van der Waals surface area contributed by atoms with Crippen LogP contribution in [0.3, 0.4) is 0 Å². The fraction of sp³-hybridized carbons (Fsp3) is 0.209. The van der Waals surface area contributed by atoms with Gasteiger partial charge in [0.25, 0.3) is 0 Å². The van der Waals surface area contributed by atoms with Crippen molar-refractivity contribution in [2.24, 2.45) is 0 Å². The standard InChI is InChI=1S/C91H82BN3S/c1-87(2,3)62-38-41-64(42-39-62)95-79-53-71-70-52-75-76(90(9,10)47-46-89(75,7)8)56-83(70)96-82(71)55-73(79)84-85-72(68-36-22-23-37-74(68)91(85,11)12)54-81-86(84)92(95)77-44-43-67(51-80(77)94(81)78-45-40-63(88(4,5)6)50-69(78)59-30-20-15-21-31-59)93(65-34-24-32-60(48-65)57-26-16-13-17-27-57)66-35-25-33-61(49-66)58-28-18-14-19-29-58/h13-45,48-56H,46-47H2,1-12H3. The fourth-order valence-electron chi connectivity index (χ4n) is 16.8. The van der Waals surface area contributed by atoms with Crippen LogP contribution in [-0.4, -0.2) is 6.85 Å². The minimum absolute atomic E-state index is 0.0388. The molecular weight excluding hydrogens is 1180 g/mol. The Hall–Kier alpha value is -9.68. The van der Waals surface area contributed by atoms with Crippen molar-refractivity contribution in [2.45, 2.75) is 123 Å². The van der Waals surface area contributed by atoms with Crippen molar-refractivity contribution in [1.82, 2.24) is 0 Å². The molecule has 0 N–H and O–H groups in total. The molecule has 13 aromatic rings. The van der Waals surface area contributed by atoms with Crippen LogP contribution in [0, 0.1) is 0 Å². The summed E-state index contributed by atoms with van der Waals surface area (Å²) in [6.45, 7) is 28.6. The second kappa shape index (κ2) is 21.7. The van der Waals surface area contributed by atoms with Gasteiger partial charge in [-0.15, -0.1) is 11.3 Å². The molecule has 2 aliphatic heterocycles. The summed E-state index contributed by atoms with van der Waals surface area (Å²) in [7, 11) is 0. The first-order valence-electron chi connectivity index (χ1n) is 34.6. The Morgan fingerprint density at radius 2 is 0.927 bits per heavy atom. The van der Waals surface area contributed by atoms with E-state index in [0.717, 1.165) is 39.6 Å². The third-order valence-corrected chi connectivity index (χ3v) is 23.3. The van der Waals surface area contributed by atoms with Gasteiger partial charge in [-0.05, 0) is 214 Å². The zero-order valence-electron chi connectivity index (χ0n) is 57.5. The lowest BCUT2D eigenvalue weighted by atomic mass is 9.42. The van der Waals surface area contributed by atoms with E-state index in [-0.39, 0.29) is 33.9 Å². The lowest BCUT2D eigenvalue weighted by Gasteiger charge is -2.47. The third kappa shape index (κ3) is 9.49. The van der Waals surface area contributed by atoms with Gasteiger partial charge in [-0.1, -0.05) is 247 Å². The number of nitrogens with zero attached hydrogens (tertiary/aromatic N) is 3. The molecule has 0 saturated heterocycles. The molecule has 0 fully saturated rings. The number of benzene rings is 12. The van der Waals surface area contributed by atoms with Crippen molar-refractivity contribution in [3.05, 3.63) is 288 Å². The van der Waals surface area contributed by atoms with Crippen molar-refractivity contribution in [3.63, 3.8) is 0 Å². The van der Waals surface area contributed by atoms with Crippen molar-refractivity contribution < 1.29 is 0 Å². The summed E-state index contributed by atoms with van der Waals surface area (Å²) in [6, 6.07) is 98.0. The lowest BCUT2D eigenvalue weighted by Crippen LogP contribution is -2.62. The highest BCUT2D eigenvalue weighted by molar-refractivity contribution is 7.25. The van der Waals surface area contributed by atoms with Crippen LogP contribution < -0.4 is 25.5 Å². The molecular formula is C91H82BN3S. The maximum atomic E-state index is 2.77. The maximum Gasteiger partial charge on any atom is 0.333 e. The summed E-state index contributed by atoms with van der Waals surface area (Å²) < 4.78 is 2.70. The zero-order chi connectivity index (χ0) is 65.9. The van der Waals surface area contributed by atoms with Crippen LogP contribution in [0.15, 0.2) is 255 Å². The Balaban J connectivity index is 1.02. The highest BCUT2D eigenvalue weighted by Gasteiger charge is 2.51. The number of fused-ring (bicyclic) bond motifs is 12. The number of hydrogen-bond donors (Lipinski definition) is 0. The minimum atomic E-state index is -0.332. The van der Waals surface area contributed by atoms with Crippen LogP contribution in [-0.2, 0) is 27.1 Å². The largest absolute Gasteiger partial charge is 0.376 e. The summed E-state index contributed by atoms with van der Waals surface area (Å²) in [5, 5.41) is 2.69. The third-order valence-electron chi connectivity index (χ3n) is 22.2. The van der Waals surface area contributed by atoms with Crippen LogP contribution in [0.2, 0.25) is 0 Å². The van der Waals surface area contributed by atoms with Gasteiger partial charge >= 0.3 is 6.85 Å². The second-order valence-corrected chi connectivity index (χ2v) is 32.7. The first-order valence-corrected chi connectivity index (χ1v) is 35.4. The second-order valence-electron chi connectivity index (χ2n) is 31.6. The molecule has 96 heavy (non-hydrogen) atoms. The van der Waals surface area contributed by atoms with E-state index in [1.54, 1.807) is 0 Å². The Morgan fingerprint density at radius 1 is 0.385 bits per heavy atom. The topological polar surface area (TPSA) is 9.72 Å². The van der Waals surface area contributed by atoms with Crippen LogP contribution in [0.4, 0.5) is 45.5 Å². The monoisotopic (exact) mass is 1260 g/mol. The minimum Gasteiger partial charge on any atom is -0.376 e. The highest BCUT2D eigenvalue weighted by atomic mass is 32.1.